The largest absolute Gasteiger partial charge is 0.507 e. The van der Waals surface area contributed by atoms with Gasteiger partial charge in [-0.15, -0.1) is 0 Å². The van der Waals surface area contributed by atoms with Gasteiger partial charge < -0.3 is 24.4 Å². The molecule has 0 bridgehead atoms. The van der Waals surface area contributed by atoms with E-state index < -0.39 is 5.92 Å². The lowest BCUT2D eigenvalue weighted by molar-refractivity contribution is 0.0820. The molecule has 2 aromatic carbocycles. The summed E-state index contributed by atoms with van der Waals surface area (Å²) in [5.74, 6) is -0.352. The Balaban J connectivity index is 1.89. The monoisotopic (exact) mass is 330 g/mol. The topological polar surface area (TPSA) is 85.2 Å². The van der Waals surface area contributed by atoms with E-state index in [2.05, 4.69) is 0 Å². The molecule has 0 fully saturated rings. The van der Waals surface area contributed by atoms with Crippen molar-refractivity contribution < 1.29 is 29.2 Å². The highest BCUT2D eigenvalue weighted by atomic mass is 16.5. The summed E-state index contributed by atoms with van der Waals surface area (Å²) in [6.45, 7) is 0.150. The second-order valence-electron chi connectivity index (χ2n) is 5.58. The Kier molecular flexibility index (Phi) is 4.20. The summed E-state index contributed by atoms with van der Waals surface area (Å²) in [7, 11) is 2.96. The number of benzene rings is 2. The van der Waals surface area contributed by atoms with E-state index in [0.29, 0.717) is 6.42 Å². The summed E-state index contributed by atoms with van der Waals surface area (Å²) >= 11 is 0. The molecule has 0 radical (unpaired) electrons. The van der Waals surface area contributed by atoms with Gasteiger partial charge in [-0.05, 0) is 24.1 Å². The first-order valence-corrected chi connectivity index (χ1v) is 7.48. The number of methoxy groups -OCH3 is 2. The van der Waals surface area contributed by atoms with E-state index in [1.807, 2.05) is 24.3 Å². The van der Waals surface area contributed by atoms with Crippen LogP contribution in [-0.2, 0) is 6.42 Å². The molecule has 6 heteroatoms. The van der Waals surface area contributed by atoms with Gasteiger partial charge in [0.15, 0.2) is 17.3 Å². The summed E-state index contributed by atoms with van der Waals surface area (Å²) < 4.78 is 15.8. The van der Waals surface area contributed by atoms with Gasteiger partial charge in [0.25, 0.3) is 0 Å². The van der Waals surface area contributed by atoms with Gasteiger partial charge >= 0.3 is 0 Å². The second kappa shape index (κ2) is 6.31. The van der Waals surface area contributed by atoms with Crippen LogP contribution in [0.5, 0.6) is 28.7 Å². The fourth-order valence-corrected chi connectivity index (χ4v) is 2.85. The fraction of sp³-hybridized carbons (Fsp3) is 0.278. The van der Waals surface area contributed by atoms with Crippen molar-refractivity contribution >= 4 is 5.78 Å². The lowest BCUT2D eigenvalue weighted by Crippen LogP contribution is -2.29. The molecule has 0 aromatic heterocycles. The van der Waals surface area contributed by atoms with Crippen LogP contribution in [-0.4, -0.2) is 36.8 Å². The van der Waals surface area contributed by atoms with Gasteiger partial charge in [0.2, 0.25) is 5.75 Å². The summed E-state index contributed by atoms with van der Waals surface area (Å²) in [6, 6.07) is 8.53. The lowest BCUT2D eigenvalue weighted by Gasteiger charge is -2.26. The molecule has 0 spiro atoms. The SMILES string of the molecule is COc1ccc(CC2COc3c(OC)c(O)cc(O)c3C2=O)cc1. The van der Waals surface area contributed by atoms with Crippen LogP contribution in [0.25, 0.3) is 0 Å². The van der Waals surface area contributed by atoms with E-state index in [0.717, 1.165) is 17.4 Å². The van der Waals surface area contributed by atoms with Crippen molar-refractivity contribution in [2.75, 3.05) is 20.8 Å². The normalized spacial score (nSPS) is 16.2. The van der Waals surface area contributed by atoms with Crippen LogP contribution < -0.4 is 14.2 Å². The Labute approximate surface area is 139 Å². The van der Waals surface area contributed by atoms with Crippen LogP contribution in [0, 0.1) is 5.92 Å². The van der Waals surface area contributed by atoms with Crippen molar-refractivity contribution in [2.24, 2.45) is 5.92 Å². The second-order valence-corrected chi connectivity index (χ2v) is 5.58. The zero-order chi connectivity index (χ0) is 17.3. The van der Waals surface area contributed by atoms with Crippen LogP contribution in [0.3, 0.4) is 0 Å². The van der Waals surface area contributed by atoms with Gasteiger partial charge in [0.05, 0.1) is 26.7 Å². The standard InChI is InChI=1S/C18H18O6/c1-22-12-5-3-10(4-6-12)7-11-9-24-18-15(16(11)21)13(19)8-14(20)17(18)23-2/h3-6,8,11,19-20H,7,9H2,1-2H3. The number of ether oxygens (including phenoxy) is 3. The number of hydrogen-bond acceptors (Lipinski definition) is 6. The summed E-state index contributed by atoms with van der Waals surface area (Å²) in [5.41, 5.74) is 1.01. The molecule has 1 heterocycles. The number of aromatic hydroxyl groups is 2. The number of phenolic OH excluding ortho intramolecular Hbond substituents is 2. The van der Waals surface area contributed by atoms with E-state index in [4.69, 9.17) is 14.2 Å². The minimum atomic E-state index is -0.425. The fourth-order valence-electron chi connectivity index (χ4n) is 2.85. The molecule has 2 aromatic rings. The molecule has 6 nitrogen and oxygen atoms in total. The summed E-state index contributed by atoms with van der Waals surface area (Å²) in [6.07, 6.45) is 0.477. The zero-order valence-electron chi connectivity index (χ0n) is 13.4. The molecule has 2 N–H and O–H groups in total. The van der Waals surface area contributed by atoms with Crippen molar-refractivity contribution in [1.82, 2.24) is 0 Å². The van der Waals surface area contributed by atoms with E-state index in [1.165, 1.54) is 7.11 Å². The molecule has 0 saturated carbocycles. The van der Waals surface area contributed by atoms with Gasteiger partial charge in [0.1, 0.15) is 17.1 Å². The third kappa shape index (κ3) is 2.71. The Morgan fingerprint density at radius 2 is 1.83 bits per heavy atom. The first-order valence-electron chi connectivity index (χ1n) is 7.48. The first-order chi connectivity index (χ1) is 11.5. The molecular weight excluding hydrogens is 312 g/mol. The minimum absolute atomic E-state index is 0.0504. The van der Waals surface area contributed by atoms with Gasteiger partial charge in [-0.3, -0.25) is 4.79 Å². The van der Waals surface area contributed by atoms with Gasteiger partial charge in [-0.2, -0.15) is 0 Å². The lowest BCUT2D eigenvalue weighted by atomic mass is 9.89. The van der Waals surface area contributed by atoms with Crippen LogP contribution in [0.15, 0.2) is 30.3 Å². The van der Waals surface area contributed by atoms with Crippen molar-refractivity contribution in [2.45, 2.75) is 6.42 Å². The van der Waals surface area contributed by atoms with Gasteiger partial charge in [-0.1, -0.05) is 12.1 Å². The number of rotatable bonds is 4. The van der Waals surface area contributed by atoms with Crippen molar-refractivity contribution in [1.29, 1.82) is 0 Å². The van der Waals surface area contributed by atoms with Crippen molar-refractivity contribution in [3.05, 3.63) is 41.5 Å². The summed E-state index contributed by atoms with van der Waals surface area (Å²) in [5, 5.41) is 19.8. The maximum absolute atomic E-state index is 12.7. The molecule has 1 unspecified atom stereocenters. The Hall–Kier alpha value is -2.89. The maximum Gasteiger partial charge on any atom is 0.204 e. The molecule has 0 saturated heterocycles. The number of fused-ring (bicyclic) bond motifs is 1. The predicted molar refractivity (Wildman–Crippen MR) is 86.3 cm³/mol. The smallest absolute Gasteiger partial charge is 0.204 e. The highest BCUT2D eigenvalue weighted by Gasteiger charge is 2.35. The summed E-state index contributed by atoms with van der Waals surface area (Å²) in [4.78, 5) is 12.7. The number of hydrogen-bond donors (Lipinski definition) is 2. The van der Waals surface area contributed by atoms with E-state index in [1.54, 1.807) is 7.11 Å². The predicted octanol–water partition coefficient (Wildman–Crippen LogP) is 2.55. The van der Waals surface area contributed by atoms with Crippen LogP contribution in [0.4, 0.5) is 0 Å². The number of ketones is 1. The van der Waals surface area contributed by atoms with E-state index in [-0.39, 0.29) is 41.0 Å². The highest BCUT2D eigenvalue weighted by molar-refractivity contribution is 6.05. The first kappa shape index (κ1) is 16.0. The van der Waals surface area contributed by atoms with Gasteiger partial charge in [-0.25, -0.2) is 0 Å². The van der Waals surface area contributed by atoms with E-state index in [9.17, 15) is 15.0 Å². The third-order valence-electron chi connectivity index (χ3n) is 4.09. The van der Waals surface area contributed by atoms with Crippen LogP contribution >= 0.6 is 0 Å². The molecule has 1 aliphatic heterocycles. The average Bonchev–Trinajstić information content (AvgIpc) is 2.58. The molecule has 24 heavy (non-hydrogen) atoms. The molecule has 3 rings (SSSR count). The number of phenols is 2. The molecule has 1 aliphatic rings. The Morgan fingerprint density at radius 1 is 1.12 bits per heavy atom. The minimum Gasteiger partial charge on any atom is -0.507 e. The van der Waals surface area contributed by atoms with Crippen LogP contribution in [0.2, 0.25) is 0 Å². The maximum atomic E-state index is 12.7. The number of Topliss-reactive ketones (excluding diaryl/α,β-unsaturated/α-hetero) is 1. The number of carbonyl (C=O) groups excluding carboxylic acids is 1. The quantitative estimate of drug-likeness (QED) is 0.896. The molecular formula is C18H18O6. The Morgan fingerprint density at radius 3 is 2.46 bits per heavy atom. The molecule has 1 atom stereocenters. The zero-order valence-corrected chi connectivity index (χ0v) is 13.4. The van der Waals surface area contributed by atoms with Gasteiger partial charge in [0, 0.05) is 6.07 Å². The van der Waals surface area contributed by atoms with E-state index >= 15 is 0 Å². The Bertz CT molecular complexity index is 766. The van der Waals surface area contributed by atoms with Crippen molar-refractivity contribution in [3.8, 4) is 28.7 Å². The average molecular weight is 330 g/mol. The third-order valence-corrected chi connectivity index (χ3v) is 4.09. The van der Waals surface area contributed by atoms with Crippen molar-refractivity contribution in [3.63, 3.8) is 0 Å². The highest BCUT2D eigenvalue weighted by Crippen LogP contribution is 2.47. The molecule has 0 amide bonds. The number of carbonyl (C=O) groups is 1. The van der Waals surface area contributed by atoms with Crippen LogP contribution in [0.1, 0.15) is 15.9 Å². The molecule has 126 valence electrons. The molecule has 0 aliphatic carbocycles.